The van der Waals surface area contributed by atoms with Crippen molar-refractivity contribution in [3.8, 4) is 6.07 Å². The molecule has 2 aromatic rings. The molecule has 21 heavy (non-hydrogen) atoms. The molecule has 106 valence electrons. The van der Waals surface area contributed by atoms with Crippen LogP contribution in [0.25, 0.3) is 0 Å². The Kier molecular flexibility index (Phi) is 4.36. The normalized spacial score (nSPS) is 9.71. The molecule has 0 fully saturated rings. The first kappa shape index (κ1) is 14.3. The zero-order chi connectivity index (χ0) is 15.2. The Morgan fingerprint density at radius 3 is 2.76 bits per heavy atom. The topological polar surface area (TPSA) is 101 Å². The summed E-state index contributed by atoms with van der Waals surface area (Å²) in [5.41, 5.74) is 7.57. The number of nitrogens with two attached hydrogens (primary N) is 1. The van der Waals surface area contributed by atoms with Gasteiger partial charge in [-0.25, -0.2) is 9.78 Å². The number of nitrogens with one attached hydrogen (secondary N) is 1. The molecule has 0 aliphatic carbocycles. The van der Waals surface area contributed by atoms with E-state index in [2.05, 4.69) is 10.3 Å². The molecule has 0 aliphatic heterocycles. The van der Waals surface area contributed by atoms with Gasteiger partial charge in [-0.05, 0) is 37.3 Å². The van der Waals surface area contributed by atoms with Crippen LogP contribution in [0.3, 0.4) is 0 Å². The zero-order valence-electron chi connectivity index (χ0n) is 11.5. The fourth-order valence-electron chi connectivity index (χ4n) is 1.70. The molecule has 6 nitrogen and oxygen atoms in total. The highest BCUT2D eigenvalue weighted by molar-refractivity contribution is 5.95. The number of hydrogen-bond acceptors (Lipinski definition) is 6. The van der Waals surface area contributed by atoms with Crippen molar-refractivity contribution in [2.24, 2.45) is 0 Å². The number of ether oxygens (including phenoxy) is 1. The second-order valence-corrected chi connectivity index (χ2v) is 4.19. The summed E-state index contributed by atoms with van der Waals surface area (Å²) in [6.45, 7) is 2.00. The largest absolute Gasteiger partial charge is 0.462 e. The molecular formula is C15H14N4O2. The molecule has 0 aliphatic rings. The van der Waals surface area contributed by atoms with E-state index in [-0.39, 0.29) is 17.9 Å². The molecular weight excluding hydrogens is 268 g/mol. The van der Waals surface area contributed by atoms with Crippen molar-refractivity contribution in [1.29, 1.82) is 5.26 Å². The number of anilines is 3. The van der Waals surface area contributed by atoms with Crippen molar-refractivity contribution in [3.63, 3.8) is 0 Å². The smallest absolute Gasteiger partial charge is 0.340 e. The highest BCUT2D eigenvalue weighted by Gasteiger charge is 2.12. The van der Waals surface area contributed by atoms with E-state index >= 15 is 0 Å². The van der Waals surface area contributed by atoms with E-state index < -0.39 is 5.97 Å². The summed E-state index contributed by atoms with van der Waals surface area (Å²) in [4.78, 5) is 15.9. The van der Waals surface area contributed by atoms with Crippen molar-refractivity contribution in [3.05, 3.63) is 47.7 Å². The number of nitriles is 1. The fraction of sp³-hybridized carbons (Fsp3) is 0.133. The molecule has 0 bridgehead atoms. The summed E-state index contributed by atoms with van der Waals surface area (Å²) in [5.74, 6) is -0.0164. The van der Waals surface area contributed by atoms with Crippen LogP contribution in [0.2, 0.25) is 0 Å². The maximum atomic E-state index is 11.8. The molecule has 0 saturated heterocycles. The quantitative estimate of drug-likeness (QED) is 0.835. The number of rotatable bonds is 4. The van der Waals surface area contributed by atoms with Gasteiger partial charge in [0, 0.05) is 5.69 Å². The van der Waals surface area contributed by atoms with E-state index in [1.54, 1.807) is 31.2 Å². The van der Waals surface area contributed by atoms with Gasteiger partial charge in [0.25, 0.3) is 0 Å². The maximum Gasteiger partial charge on any atom is 0.340 e. The molecule has 3 N–H and O–H groups in total. The van der Waals surface area contributed by atoms with Gasteiger partial charge in [-0.2, -0.15) is 5.26 Å². The van der Waals surface area contributed by atoms with Gasteiger partial charge in [-0.3, -0.25) is 0 Å². The first-order valence-corrected chi connectivity index (χ1v) is 6.34. The van der Waals surface area contributed by atoms with Gasteiger partial charge in [0.2, 0.25) is 0 Å². The molecule has 1 aromatic heterocycles. The molecule has 0 unspecified atom stereocenters. The predicted molar refractivity (Wildman–Crippen MR) is 79.0 cm³/mol. The Bertz CT molecular complexity index is 690. The van der Waals surface area contributed by atoms with E-state index in [1.807, 2.05) is 6.07 Å². The summed E-state index contributed by atoms with van der Waals surface area (Å²) in [5, 5.41) is 11.8. The minimum Gasteiger partial charge on any atom is -0.462 e. The van der Waals surface area contributed by atoms with Crippen LogP contribution in [0.15, 0.2) is 36.5 Å². The Morgan fingerprint density at radius 1 is 1.43 bits per heavy atom. The van der Waals surface area contributed by atoms with E-state index in [9.17, 15) is 4.79 Å². The first-order chi connectivity index (χ1) is 10.1. The van der Waals surface area contributed by atoms with Gasteiger partial charge in [-0.1, -0.05) is 0 Å². The van der Waals surface area contributed by atoms with Crippen LogP contribution in [-0.2, 0) is 4.74 Å². The van der Waals surface area contributed by atoms with Crippen LogP contribution in [0.4, 0.5) is 17.2 Å². The lowest BCUT2D eigenvalue weighted by Crippen LogP contribution is -2.09. The average molecular weight is 282 g/mol. The third-order valence-electron chi connectivity index (χ3n) is 2.72. The Balaban J connectivity index is 2.22. The Morgan fingerprint density at radius 2 is 2.14 bits per heavy atom. The standard InChI is InChI=1S/C15H14N4O2/c1-2-21-15(20)12-7-14(18-9-13(12)17)19-11-5-3-10(8-16)4-6-11/h3-7,9H,2,17H2,1H3,(H,18,19). The number of hydrogen-bond donors (Lipinski definition) is 2. The van der Waals surface area contributed by atoms with Gasteiger partial charge < -0.3 is 15.8 Å². The molecule has 0 amide bonds. The van der Waals surface area contributed by atoms with E-state index in [0.29, 0.717) is 11.4 Å². The van der Waals surface area contributed by atoms with Gasteiger partial charge in [0.15, 0.2) is 0 Å². The third-order valence-corrected chi connectivity index (χ3v) is 2.72. The number of pyridine rings is 1. The van der Waals surface area contributed by atoms with Crippen molar-refractivity contribution in [2.45, 2.75) is 6.92 Å². The number of nitrogens with zero attached hydrogens (tertiary/aromatic N) is 2. The second kappa shape index (κ2) is 6.39. The molecule has 2 rings (SSSR count). The van der Waals surface area contributed by atoms with E-state index in [0.717, 1.165) is 5.69 Å². The molecule has 6 heteroatoms. The highest BCUT2D eigenvalue weighted by Crippen LogP contribution is 2.20. The van der Waals surface area contributed by atoms with Crippen LogP contribution in [-0.4, -0.2) is 17.6 Å². The molecule has 0 saturated carbocycles. The molecule has 1 heterocycles. The van der Waals surface area contributed by atoms with E-state index in [4.69, 9.17) is 15.7 Å². The van der Waals surface area contributed by atoms with Gasteiger partial charge in [0.05, 0.1) is 35.7 Å². The lowest BCUT2D eigenvalue weighted by molar-refractivity contribution is 0.0527. The SMILES string of the molecule is CCOC(=O)c1cc(Nc2ccc(C#N)cc2)ncc1N. The summed E-state index contributed by atoms with van der Waals surface area (Å²) >= 11 is 0. The Hall–Kier alpha value is -3.07. The van der Waals surface area contributed by atoms with Crippen LogP contribution in [0.1, 0.15) is 22.8 Å². The summed E-state index contributed by atoms with van der Waals surface area (Å²) in [6, 6.07) is 10.4. The van der Waals surface area contributed by atoms with Crippen LogP contribution in [0, 0.1) is 11.3 Å². The summed E-state index contributed by atoms with van der Waals surface area (Å²) in [6.07, 6.45) is 1.40. The zero-order valence-corrected chi connectivity index (χ0v) is 11.5. The first-order valence-electron chi connectivity index (χ1n) is 6.34. The van der Waals surface area contributed by atoms with Crippen LogP contribution in [0.5, 0.6) is 0 Å². The van der Waals surface area contributed by atoms with Crippen molar-refractivity contribution in [1.82, 2.24) is 4.98 Å². The minimum absolute atomic E-state index is 0.263. The number of carbonyl (C=O) groups excluding carboxylic acids is 1. The number of carbonyl (C=O) groups is 1. The molecule has 0 atom stereocenters. The van der Waals surface area contributed by atoms with Crippen molar-refractivity contribution < 1.29 is 9.53 Å². The van der Waals surface area contributed by atoms with Gasteiger partial charge in [-0.15, -0.1) is 0 Å². The minimum atomic E-state index is -0.486. The molecule has 1 aromatic carbocycles. The summed E-state index contributed by atoms with van der Waals surface area (Å²) < 4.78 is 4.93. The number of esters is 1. The van der Waals surface area contributed by atoms with Gasteiger partial charge >= 0.3 is 5.97 Å². The fourth-order valence-corrected chi connectivity index (χ4v) is 1.70. The van der Waals surface area contributed by atoms with Crippen molar-refractivity contribution >= 4 is 23.2 Å². The second-order valence-electron chi connectivity index (χ2n) is 4.19. The summed E-state index contributed by atoms with van der Waals surface area (Å²) in [7, 11) is 0. The predicted octanol–water partition coefficient (Wildman–Crippen LogP) is 2.46. The van der Waals surface area contributed by atoms with Crippen LogP contribution >= 0.6 is 0 Å². The lowest BCUT2D eigenvalue weighted by Gasteiger charge is -2.09. The van der Waals surface area contributed by atoms with Gasteiger partial charge in [0.1, 0.15) is 5.82 Å². The molecule has 0 radical (unpaired) electrons. The van der Waals surface area contributed by atoms with Crippen molar-refractivity contribution in [2.75, 3.05) is 17.7 Å². The Labute approximate surface area is 122 Å². The third kappa shape index (κ3) is 3.48. The monoisotopic (exact) mass is 282 g/mol. The number of benzene rings is 1. The highest BCUT2D eigenvalue weighted by atomic mass is 16.5. The van der Waals surface area contributed by atoms with Crippen LogP contribution < -0.4 is 11.1 Å². The number of nitrogen functional groups attached to an aromatic ring is 1. The number of aromatic nitrogens is 1. The molecule has 0 spiro atoms. The lowest BCUT2D eigenvalue weighted by atomic mass is 10.2. The van der Waals surface area contributed by atoms with E-state index in [1.165, 1.54) is 12.3 Å². The average Bonchev–Trinajstić information content (AvgIpc) is 2.50. The maximum absolute atomic E-state index is 11.8.